The van der Waals surface area contributed by atoms with Gasteiger partial charge in [0.1, 0.15) is 0 Å². The van der Waals surface area contributed by atoms with E-state index in [0.29, 0.717) is 13.1 Å². The molecule has 1 saturated heterocycles. The maximum absolute atomic E-state index is 13.0. The van der Waals surface area contributed by atoms with Crippen molar-refractivity contribution >= 4 is 5.69 Å². The van der Waals surface area contributed by atoms with Gasteiger partial charge in [0.05, 0.1) is 0 Å². The first-order chi connectivity index (χ1) is 8.09. The molecule has 0 radical (unpaired) electrons. The summed E-state index contributed by atoms with van der Waals surface area (Å²) in [6.07, 6.45) is -0.0303. The van der Waals surface area contributed by atoms with Crippen LogP contribution in [0.4, 0.5) is 14.5 Å². The van der Waals surface area contributed by atoms with Gasteiger partial charge in [-0.25, -0.2) is 8.78 Å². The van der Waals surface area contributed by atoms with E-state index in [1.165, 1.54) is 5.56 Å². The largest absolute Gasteiger partial charge is 0.388 e. The molecular formula is C13H18F2N2. The van der Waals surface area contributed by atoms with Gasteiger partial charge >= 0.3 is 0 Å². The van der Waals surface area contributed by atoms with Crippen LogP contribution in [-0.2, 0) is 6.54 Å². The van der Waals surface area contributed by atoms with Gasteiger partial charge in [-0.1, -0.05) is 12.1 Å². The number of anilines is 1. The van der Waals surface area contributed by atoms with Crippen LogP contribution in [-0.4, -0.2) is 31.0 Å². The van der Waals surface area contributed by atoms with Gasteiger partial charge in [-0.15, -0.1) is 0 Å². The fourth-order valence-corrected chi connectivity index (χ4v) is 2.12. The second-order valence-electron chi connectivity index (χ2n) is 4.58. The lowest BCUT2D eigenvalue weighted by Crippen LogP contribution is -2.38. The highest BCUT2D eigenvalue weighted by Crippen LogP contribution is 2.28. The van der Waals surface area contributed by atoms with Crippen LogP contribution in [0.1, 0.15) is 18.4 Å². The minimum absolute atomic E-state index is 0.0152. The van der Waals surface area contributed by atoms with Crippen molar-refractivity contribution in [3.63, 3.8) is 0 Å². The minimum atomic E-state index is -2.46. The second kappa shape index (κ2) is 5.00. The Morgan fingerprint density at radius 1 is 1.29 bits per heavy atom. The third kappa shape index (κ3) is 3.40. The lowest BCUT2D eigenvalue weighted by molar-refractivity contribution is -0.0566. The van der Waals surface area contributed by atoms with Crippen LogP contribution in [0.25, 0.3) is 0 Å². The van der Waals surface area contributed by atoms with Gasteiger partial charge in [-0.2, -0.15) is 0 Å². The minimum Gasteiger partial charge on any atom is -0.388 e. The Morgan fingerprint density at radius 2 is 2.00 bits per heavy atom. The van der Waals surface area contributed by atoms with Crippen LogP contribution < -0.4 is 5.32 Å². The van der Waals surface area contributed by atoms with Crippen LogP contribution >= 0.6 is 0 Å². The predicted molar refractivity (Wildman–Crippen MR) is 65.4 cm³/mol. The molecule has 2 nitrogen and oxygen atoms in total. The number of nitrogens with one attached hydrogen (secondary N) is 1. The van der Waals surface area contributed by atoms with Gasteiger partial charge in [0.2, 0.25) is 0 Å². The van der Waals surface area contributed by atoms with Gasteiger partial charge in [0.25, 0.3) is 5.92 Å². The molecule has 0 aromatic heterocycles. The molecule has 2 rings (SSSR count). The fraction of sp³-hybridized carbons (Fsp3) is 0.538. The Labute approximate surface area is 101 Å². The van der Waals surface area contributed by atoms with Crippen LogP contribution in [0, 0.1) is 0 Å². The van der Waals surface area contributed by atoms with Crippen LogP contribution in [0.3, 0.4) is 0 Å². The summed E-state index contributed by atoms with van der Waals surface area (Å²) in [5.74, 6) is -2.46. The van der Waals surface area contributed by atoms with E-state index in [4.69, 9.17) is 0 Å². The number of benzene rings is 1. The molecule has 0 bridgehead atoms. The van der Waals surface area contributed by atoms with E-state index in [0.717, 1.165) is 12.2 Å². The summed E-state index contributed by atoms with van der Waals surface area (Å²) in [5.41, 5.74) is 2.23. The van der Waals surface area contributed by atoms with E-state index in [2.05, 4.69) is 16.3 Å². The van der Waals surface area contributed by atoms with E-state index < -0.39 is 5.92 Å². The monoisotopic (exact) mass is 240 g/mol. The summed E-state index contributed by atoms with van der Waals surface area (Å²) >= 11 is 0. The number of hydrogen-bond acceptors (Lipinski definition) is 2. The number of alkyl halides is 2. The highest BCUT2D eigenvalue weighted by atomic mass is 19.3. The van der Waals surface area contributed by atoms with Gasteiger partial charge in [0, 0.05) is 45.2 Å². The molecule has 0 aliphatic carbocycles. The number of piperidine rings is 1. The highest BCUT2D eigenvalue weighted by molar-refractivity contribution is 5.44. The summed E-state index contributed by atoms with van der Waals surface area (Å²) in [5, 5.41) is 3.08. The maximum Gasteiger partial charge on any atom is 0.250 e. The van der Waals surface area contributed by atoms with E-state index in [-0.39, 0.29) is 12.8 Å². The summed E-state index contributed by atoms with van der Waals surface area (Å²) in [6.45, 7) is 1.72. The summed E-state index contributed by atoms with van der Waals surface area (Å²) < 4.78 is 26.0. The molecule has 0 unspecified atom stereocenters. The molecule has 1 aliphatic rings. The summed E-state index contributed by atoms with van der Waals surface area (Å²) in [7, 11) is 1.88. The molecule has 0 atom stereocenters. The third-order valence-corrected chi connectivity index (χ3v) is 3.21. The first-order valence-corrected chi connectivity index (χ1v) is 5.96. The third-order valence-electron chi connectivity index (χ3n) is 3.21. The highest BCUT2D eigenvalue weighted by Gasteiger charge is 2.33. The first-order valence-electron chi connectivity index (χ1n) is 5.96. The number of likely N-dealkylation sites (tertiary alicyclic amines) is 1. The normalized spacial score (nSPS) is 20.2. The van der Waals surface area contributed by atoms with Crippen molar-refractivity contribution in [1.29, 1.82) is 0 Å². The standard InChI is InChI=1S/C13H18F2N2/c1-16-12-4-2-3-11(9-12)10-17-7-5-13(14,15)6-8-17/h2-4,9,16H,5-8,10H2,1H3. The molecule has 0 spiro atoms. The van der Waals surface area contributed by atoms with Crippen molar-refractivity contribution < 1.29 is 8.78 Å². The molecule has 1 aliphatic heterocycles. The topological polar surface area (TPSA) is 15.3 Å². The molecule has 94 valence electrons. The second-order valence-corrected chi connectivity index (χ2v) is 4.58. The average Bonchev–Trinajstić information content (AvgIpc) is 2.32. The molecule has 0 saturated carbocycles. The molecule has 1 N–H and O–H groups in total. The molecule has 4 heteroatoms. The average molecular weight is 240 g/mol. The van der Waals surface area contributed by atoms with Crippen molar-refractivity contribution in [2.75, 3.05) is 25.5 Å². The quantitative estimate of drug-likeness (QED) is 0.873. The zero-order valence-corrected chi connectivity index (χ0v) is 10.0. The van der Waals surface area contributed by atoms with Gasteiger partial charge in [0.15, 0.2) is 0 Å². The smallest absolute Gasteiger partial charge is 0.250 e. The van der Waals surface area contributed by atoms with Crippen molar-refractivity contribution in [3.05, 3.63) is 29.8 Å². The van der Waals surface area contributed by atoms with Crippen molar-refractivity contribution in [3.8, 4) is 0 Å². The molecule has 1 aromatic carbocycles. The first kappa shape index (κ1) is 12.3. The van der Waals surface area contributed by atoms with Crippen molar-refractivity contribution in [2.45, 2.75) is 25.3 Å². The number of rotatable bonds is 3. The van der Waals surface area contributed by atoms with E-state index >= 15 is 0 Å². The number of nitrogens with zero attached hydrogens (tertiary/aromatic N) is 1. The van der Waals surface area contributed by atoms with Crippen molar-refractivity contribution in [2.24, 2.45) is 0 Å². The lowest BCUT2D eigenvalue weighted by atomic mass is 10.1. The Bertz CT molecular complexity index is 369. The zero-order chi connectivity index (χ0) is 12.3. The van der Waals surface area contributed by atoms with Crippen LogP contribution in [0.15, 0.2) is 24.3 Å². The van der Waals surface area contributed by atoms with Crippen molar-refractivity contribution in [1.82, 2.24) is 4.90 Å². The van der Waals surface area contributed by atoms with Crippen LogP contribution in [0.2, 0.25) is 0 Å². The molecule has 1 aromatic rings. The number of hydrogen-bond donors (Lipinski definition) is 1. The van der Waals surface area contributed by atoms with Gasteiger partial charge in [-0.3, -0.25) is 4.90 Å². The summed E-state index contributed by atoms with van der Waals surface area (Å²) in [6, 6.07) is 8.08. The Morgan fingerprint density at radius 3 is 2.65 bits per heavy atom. The molecule has 1 fully saturated rings. The molecule has 0 amide bonds. The SMILES string of the molecule is CNc1cccc(CN2CCC(F)(F)CC2)c1. The van der Waals surface area contributed by atoms with E-state index in [1.54, 1.807) is 0 Å². The lowest BCUT2D eigenvalue weighted by Gasteiger charge is -2.31. The Kier molecular flexibility index (Phi) is 3.62. The predicted octanol–water partition coefficient (Wildman–Crippen LogP) is 2.96. The van der Waals surface area contributed by atoms with E-state index in [1.807, 2.05) is 25.2 Å². The zero-order valence-electron chi connectivity index (χ0n) is 10.0. The Hall–Kier alpha value is -1.16. The fourth-order valence-electron chi connectivity index (χ4n) is 2.12. The van der Waals surface area contributed by atoms with Crippen LogP contribution in [0.5, 0.6) is 0 Å². The summed E-state index contributed by atoms with van der Waals surface area (Å²) in [4.78, 5) is 2.09. The maximum atomic E-state index is 13.0. The molecule has 17 heavy (non-hydrogen) atoms. The van der Waals surface area contributed by atoms with E-state index in [9.17, 15) is 8.78 Å². The van der Waals surface area contributed by atoms with Gasteiger partial charge < -0.3 is 5.32 Å². The molecular weight excluding hydrogens is 222 g/mol. The number of halogens is 2. The molecule has 1 heterocycles. The van der Waals surface area contributed by atoms with Gasteiger partial charge in [-0.05, 0) is 17.7 Å². The Balaban J connectivity index is 1.93.